The zero-order valence-electron chi connectivity index (χ0n) is 21.5. The number of aliphatic hydroxyl groups is 1. The summed E-state index contributed by atoms with van der Waals surface area (Å²) in [6, 6.07) is 11.1. The number of fused-ring (bicyclic) bond motifs is 1. The van der Waals surface area contributed by atoms with E-state index in [2.05, 4.69) is 30.9 Å². The van der Waals surface area contributed by atoms with Crippen LogP contribution in [-0.2, 0) is 4.74 Å². The Kier molecular flexibility index (Phi) is 7.94. The summed E-state index contributed by atoms with van der Waals surface area (Å²) in [5.41, 5.74) is -0.284. The first-order chi connectivity index (χ1) is 19.9. The third-order valence-electron chi connectivity index (χ3n) is 5.92. The molecule has 1 atom stereocenters. The van der Waals surface area contributed by atoms with E-state index < -0.39 is 29.1 Å². The van der Waals surface area contributed by atoms with Crippen LogP contribution in [0.5, 0.6) is 11.5 Å². The maximum absolute atomic E-state index is 15.1. The van der Waals surface area contributed by atoms with Gasteiger partial charge in [0.15, 0.2) is 23.0 Å². The summed E-state index contributed by atoms with van der Waals surface area (Å²) in [5.74, 6) is -1.67. The quantitative estimate of drug-likeness (QED) is 0.200. The van der Waals surface area contributed by atoms with E-state index in [4.69, 9.17) is 9.47 Å². The molecule has 14 heteroatoms. The largest absolute Gasteiger partial charge is 0.453 e. The molecular formula is C27H23F2N7O5. The smallest absolute Gasteiger partial charge is 0.284 e. The van der Waals surface area contributed by atoms with Gasteiger partial charge < -0.3 is 25.2 Å². The van der Waals surface area contributed by atoms with Crippen LogP contribution in [0.2, 0.25) is 0 Å². The number of hydrogen-bond acceptors (Lipinski definition) is 9. The van der Waals surface area contributed by atoms with E-state index in [1.54, 1.807) is 0 Å². The number of aliphatic hydroxyl groups excluding tert-OH is 1. The standard InChI is InChI=1S/C27H23F2N7O5/c1-40-14-17(13-37)32-25-23-22(9-10-30-24(23)34-35-25)41-21-7-4-16(12-20(21)29)33-26(38)19-8-11-31-36(27(19)39)18-5-2-15(28)3-6-18/h2-12,17,37H,13-14H2,1H3,(H,33,38)(H2,30,32,34,35)/t17-/m1/s1. The molecule has 210 valence electrons. The second-order valence-electron chi connectivity index (χ2n) is 8.72. The lowest BCUT2D eigenvalue weighted by molar-refractivity contribution is 0.102. The minimum absolute atomic E-state index is 0.0697. The monoisotopic (exact) mass is 563 g/mol. The van der Waals surface area contributed by atoms with E-state index in [1.165, 1.54) is 55.9 Å². The van der Waals surface area contributed by atoms with Gasteiger partial charge >= 0.3 is 0 Å². The van der Waals surface area contributed by atoms with Crippen molar-refractivity contribution in [2.45, 2.75) is 6.04 Å². The van der Waals surface area contributed by atoms with Gasteiger partial charge in [-0.05, 0) is 42.5 Å². The Morgan fingerprint density at radius 2 is 1.90 bits per heavy atom. The first-order valence-corrected chi connectivity index (χ1v) is 12.2. The third-order valence-corrected chi connectivity index (χ3v) is 5.92. The number of pyridine rings is 1. The normalized spacial score (nSPS) is 11.8. The van der Waals surface area contributed by atoms with E-state index in [1.807, 2.05) is 0 Å². The molecule has 2 aromatic carbocycles. The molecule has 0 spiro atoms. The summed E-state index contributed by atoms with van der Waals surface area (Å²) in [6.45, 7) is -0.0112. The van der Waals surface area contributed by atoms with Gasteiger partial charge in [0.2, 0.25) is 0 Å². The van der Waals surface area contributed by atoms with Crippen molar-refractivity contribution in [2.24, 2.45) is 0 Å². The molecule has 3 heterocycles. The molecule has 5 aromatic rings. The molecule has 0 aliphatic rings. The summed E-state index contributed by atoms with van der Waals surface area (Å²) in [5, 5.41) is 26.4. The number of anilines is 2. The Bertz CT molecular complexity index is 1760. The lowest BCUT2D eigenvalue weighted by Crippen LogP contribution is -2.29. The zero-order chi connectivity index (χ0) is 28.9. The molecule has 0 saturated carbocycles. The number of halogens is 2. The molecule has 41 heavy (non-hydrogen) atoms. The van der Waals surface area contributed by atoms with Crippen LogP contribution in [0.15, 0.2) is 71.8 Å². The van der Waals surface area contributed by atoms with E-state index in [-0.39, 0.29) is 41.7 Å². The van der Waals surface area contributed by atoms with Gasteiger partial charge in [-0.25, -0.2) is 13.8 Å². The molecule has 0 radical (unpaired) electrons. The molecule has 3 aromatic heterocycles. The van der Waals surface area contributed by atoms with E-state index >= 15 is 4.39 Å². The highest BCUT2D eigenvalue weighted by Crippen LogP contribution is 2.34. The number of methoxy groups -OCH3 is 1. The van der Waals surface area contributed by atoms with Gasteiger partial charge in [-0.15, -0.1) is 0 Å². The number of nitrogens with zero attached hydrogens (tertiary/aromatic N) is 4. The van der Waals surface area contributed by atoms with Gasteiger partial charge in [-0.1, -0.05) is 0 Å². The fourth-order valence-corrected chi connectivity index (χ4v) is 3.98. The Balaban J connectivity index is 1.35. The van der Waals surface area contributed by atoms with Crippen molar-refractivity contribution in [3.63, 3.8) is 0 Å². The van der Waals surface area contributed by atoms with Gasteiger partial charge in [-0.3, -0.25) is 14.7 Å². The molecule has 0 unspecified atom stereocenters. The second kappa shape index (κ2) is 11.9. The Labute approximate surface area is 230 Å². The predicted octanol–water partition coefficient (Wildman–Crippen LogP) is 3.25. The lowest BCUT2D eigenvalue weighted by Gasteiger charge is -2.15. The number of ether oxygens (including phenoxy) is 2. The predicted molar refractivity (Wildman–Crippen MR) is 144 cm³/mol. The van der Waals surface area contributed by atoms with Gasteiger partial charge in [0, 0.05) is 37.3 Å². The number of benzene rings is 2. The van der Waals surface area contributed by atoms with Gasteiger partial charge in [-0.2, -0.15) is 14.9 Å². The highest BCUT2D eigenvalue weighted by molar-refractivity contribution is 6.04. The van der Waals surface area contributed by atoms with Crippen molar-refractivity contribution in [2.75, 3.05) is 31.0 Å². The maximum Gasteiger partial charge on any atom is 0.284 e. The fraction of sp³-hybridized carbons (Fsp3) is 0.148. The molecule has 0 saturated heterocycles. The number of aromatic amines is 1. The number of amides is 1. The Morgan fingerprint density at radius 1 is 1.10 bits per heavy atom. The van der Waals surface area contributed by atoms with Crippen molar-refractivity contribution >= 4 is 28.4 Å². The van der Waals surface area contributed by atoms with Crippen LogP contribution in [0.1, 0.15) is 10.4 Å². The van der Waals surface area contributed by atoms with E-state index in [0.717, 1.165) is 22.9 Å². The van der Waals surface area contributed by atoms with Crippen LogP contribution < -0.4 is 20.9 Å². The first-order valence-electron chi connectivity index (χ1n) is 12.2. The summed E-state index contributed by atoms with van der Waals surface area (Å²) < 4.78 is 40.2. The summed E-state index contributed by atoms with van der Waals surface area (Å²) in [7, 11) is 1.50. The molecule has 4 N–H and O–H groups in total. The molecule has 0 bridgehead atoms. The number of nitrogens with one attached hydrogen (secondary N) is 3. The number of carbonyl (C=O) groups excluding carboxylic acids is 1. The van der Waals surface area contributed by atoms with Crippen LogP contribution in [0.25, 0.3) is 16.7 Å². The van der Waals surface area contributed by atoms with Crippen LogP contribution in [0.3, 0.4) is 0 Å². The molecule has 5 rings (SSSR count). The number of carbonyl (C=O) groups is 1. The highest BCUT2D eigenvalue weighted by Gasteiger charge is 2.19. The molecule has 0 aliphatic carbocycles. The van der Waals surface area contributed by atoms with Crippen molar-refractivity contribution in [3.8, 4) is 17.2 Å². The Morgan fingerprint density at radius 3 is 2.63 bits per heavy atom. The minimum Gasteiger partial charge on any atom is -0.453 e. The molecule has 12 nitrogen and oxygen atoms in total. The van der Waals surface area contributed by atoms with Crippen LogP contribution in [0.4, 0.5) is 20.3 Å². The third kappa shape index (κ3) is 5.88. The average Bonchev–Trinajstić information content (AvgIpc) is 3.38. The molecular weight excluding hydrogens is 540 g/mol. The average molecular weight is 564 g/mol. The number of hydrogen-bond donors (Lipinski definition) is 4. The van der Waals surface area contributed by atoms with E-state index in [9.17, 15) is 19.1 Å². The van der Waals surface area contributed by atoms with Gasteiger partial charge in [0.1, 0.15) is 22.5 Å². The molecule has 0 fully saturated rings. The van der Waals surface area contributed by atoms with Gasteiger partial charge in [0.25, 0.3) is 11.5 Å². The zero-order valence-corrected chi connectivity index (χ0v) is 21.5. The number of rotatable bonds is 10. The Hall–Kier alpha value is -5.21. The first kappa shape index (κ1) is 27.4. The second-order valence-corrected chi connectivity index (χ2v) is 8.72. The fourth-order valence-electron chi connectivity index (χ4n) is 3.98. The maximum atomic E-state index is 15.1. The van der Waals surface area contributed by atoms with E-state index in [0.29, 0.717) is 16.9 Å². The van der Waals surface area contributed by atoms with Crippen molar-refractivity contribution in [1.82, 2.24) is 25.0 Å². The summed E-state index contributed by atoms with van der Waals surface area (Å²) in [6.07, 6.45) is 2.71. The summed E-state index contributed by atoms with van der Waals surface area (Å²) in [4.78, 5) is 29.9. The van der Waals surface area contributed by atoms with Crippen molar-refractivity contribution in [3.05, 3.63) is 94.5 Å². The minimum atomic E-state index is -0.795. The van der Waals surface area contributed by atoms with Crippen LogP contribution >= 0.6 is 0 Å². The topological polar surface area (TPSA) is 156 Å². The lowest BCUT2D eigenvalue weighted by atomic mass is 10.2. The summed E-state index contributed by atoms with van der Waals surface area (Å²) >= 11 is 0. The molecule has 0 aliphatic heterocycles. The number of H-pyrrole nitrogens is 1. The SMILES string of the molecule is COC[C@@H](CO)Nc1n[nH]c2nccc(Oc3ccc(NC(=O)c4ccnn(-c5ccc(F)cc5)c4=O)cc3F)c12. The number of aromatic nitrogens is 5. The van der Waals surface area contributed by atoms with Crippen molar-refractivity contribution < 1.29 is 28.2 Å². The van der Waals surface area contributed by atoms with Crippen molar-refractivity contribution in [1.29, 1.82) is 0 Å². The van der Waals surface area contributed by atoms with Crippen LogP contribution in [0, 0.1) is 11.6 Å². The van der Waals surface area contributed by atoms with Crippen LogP contribution in [-0.4, -0.2) is 62.3 Å². The highest BCUT2D eigenvalue weighted by atomic mass is 19.1. The van der Waals surface area contributed by atoms with Gasteiger partial charge in [0.05, 0.1) is 24.9 Å². The molecule has 1 amide bonds.